The highest BCUT2D eigenvalue weighted by Gasteiger charge is 2.25. The van der Waals surface area contributed by atoms with Crippen LogP contribution in [0.5, 0.6) is 0 Å². The van der Waals surface area contributed by atoms with Gasteiger partial charge in [0.1, 0.15) is 0 Å². The minimum atomic E-state index is -0.986. The van der Waals surface area contributed by atoms with Crippen molar-refractivity contribution in [3.63, 3.8) is 0 Å². The van der Waals surface area contributed by atoms with Crippen LogP contribution in [0.4, 0.5) is 0 Å². The highest BCUT2D eigenvalue weighted by Crippen LogP contribution is 2.19. The third-order valence-corrected chi connectivity index (χ3v) is 3.37. The number of hydrogen-bond acceptors (Lipinski definition) is 3. The second-order valence-electron chi connectivity index (χ2n) is 5.09. The quantitative estimate of drug-likeness (QED) is 0.815. The molecule has 0 fully saturated rings. The molecule has 0 aliphatic heterocycles. The maximum atomic E-state index is 11.9. The SMILES string of the molecule is CCN(C)C(=O)C(C)NCC(C)(O)c1ccccc1. The number of nitrogens with zero attached hydrogens (tertiary/aromatic N) is 1. The van der Waals surface area contributed by atoms with Crippen molar-refractivity contribution in [3.05, 3.63) is 35.9 Å². The van der Waals surface area contributed by atoms with Gasteiger partial charge in [-0.05, 0) is 26.3 Å². The molecule has 0 bridgehead atoms. The van der Waals surface area contributed by atoms with E-state index in [1.165, 1.54) is 0 Å². The molecule has 0 radical (unpaired) electrons. The summed E-state index contributed by atoms with van der Waals surface area (Å²) in [7, 11) is 1.77. The van der Waals surface area contributed by atoms with Crippen molar-refractivity contribution in [2.75, 3.05) is 20.1 Å². The fraction of sp³-hybridized carbons (Fsp3) is 0.533. The molecule has 4 heteroatoms. The zero-order valence-corrected chi connectivity index (χ0v) is 12.2. The largest absolute Gasteiger partial charge is 0.384 e. The standard InChI is InChI=1S/C15H24N2O2/c1-5-17(4)14(18)12(2)16-11-15(3,19)13-9-7-6-8-10-13/h6-10,12,16,19H,5,11H2,1-4H3. The van der Waals surface area contributed by atoms with Gasteiger partial charge in [-0.15, -0.1) is 0 Å². The molecule has 2 N–H and O–H groups in total. The fourth-order valence-corrected chi connectivity index (χ4v) is 1.82. The zero-order valence-electron chi connectivity index (χ0n) is 12.2. The lowest BCUT2D eigenvalue weighted by Crippen LogP contribution is -2.47. The Morgan fingerprint density at radius 1 is 1.42 bits per heavy atom. The van der Waals surface area contributed by atoms with Gasteiger partial charge in [0.2, 0.25) is 5.91 Å². The first-order chi connectivity index (χ1) is 8.88. The topological polar surface area (TPSA) is 52.6 Å². The Balaban J connectivity index is 2.59. The minimum Gasteiger partial charge on any atom is -0.384 e. The van der Waals surface area contributed by atoms with Crippen LogP contribution in [0.2, 0.25) is 0 Å². The summed E-state index contributed by atoms with van der Waals surface area (Å²) in [4.78, 5) is 13.6. The number of aliphatic hydroxyl groups is 1. The molecule has 0 spiro atoms. The average molecular weight is 264 g/mol. The predicted octanol–water partition coefficient (Wildman–Crippen LogP) is 1.35. The number of likely N-dealkylation sites (N-methyl/N-ethyl adjacent to an activating group) is 1. The monoisotopic (exact) mass is 264 g/mol. The van der Waals surface area contributed by atoms with E-state index in [9.17, 15) is 9.90 Å². The van der Waals surface area contributed by atoms with Gasteiger partial charge in [-0.1, -0.05) is 30.3 Å². The Labute approximate surface area is 115 Å². The molecule has 0 saturated carbocycles. The minimum absolute atomic E-state index is 0.0337. The van der Waals surface area contributed by atoms with Crippen LogP contribution in [0.3, 0.4) is 0 Å². The summed E-state index contributed by atoms with van der Waals surface area (Å²) < 4.78 is 0. The summed E-state index contributed by atoms with van der Waals surface area (Å²) in [6.07, 6.45) is 0. The van der Waals surface area contributed by atoms with Crippen LogP contribution in [0.15, 0.2) is 30.3 Å². The van der Waals surface area contributed by atoms with Crippen LogP contribution in [0.1, 0.15) is 26.3 Å². The lowest BCUT2D eigenvalue weighted by molar-refractivity contribution is -0.131. The molecule has 1 aromatic carbocycles. The molecule has 106 valence electrons. The van der Waals surface area contributed by atoms with Gasteiger partial charge in [0.25, 0.3) is 0 Å². The van der Waals surface area contributed by atoms with Crippen molar-refractivity contribution in [2.24, 2.45) is 0 Å². The van der Waals surface area contributed by atoms with Gasteiger partial charge in [-0.25, -0.2) is 0 Å². The van der Waals surface area contributed by atoms with Gasteiger partial charge >= 0.3 is 0 Å². The van der Waals surface area contributed by atoms with E-state index in [2.05, 4.69) is 5.32 Å². The lowest BCUT2D eigenvalue weighted by Gasteiger charge is -2.27. The number of amides is 1. The van der Waals surface area contributed by atoms with E-state index in [0.717, 1.165) is 5.56 Å². The number of benzene rings is 1. The normalized spacial score (nSPS) is 15.6. The van der Waals surface area contributed by atoms with Crippen LogP contribution in [0.25, 0.3) is 0 Å². The van der Waals surface area contributed by atoms with Crippen molar-refractivity contribution in [1.82, 2.24) is 10.2 Å². The smallest absolute Gasteiger partial charge is 0.239 e. The number of carbonyl (C=O) groups is 1. The van der Waals surface area contributed by atoms with Crippen LogP contribution < -0.4 is 5.32 Å². The average Bonchev–Trinajstić information content (AvgIpc) is 2.44. The van der Waals surface area contributed by atoms with E-state index in [1.54, 1.807) is 18.9 Å². The second kappa shape index (κ2) is 6.68. The number of hydrogen-bond donors (Lipinski definition) is 2. The van der Waals surface area contributed by atoms with Gasteiger partial charge in [0.05, 0.1) is 11.6 Å². The van der Waals surface area contributed by atoms with Crippen LogP contribution in [-0.4, -0.2) is 42.1 Å². The number of carbonyl (C=O) groups excluding carboxylic acids is 1. The molecule has 2 atom stereocenters. The summed E-state index contributed by atoms with van der Waals surface area (Å²) in [5.74, 6) is 0.0337. The van der Waals surface area contributed by atoms with Crippen molar-refractivity contribution in [1.29, 1.82) is 0 Å². The Kier molecular flexibility index (Phi) is 5.51. The van der Waals surface area contributed by atoms with Gasteiger partial charge in [-0.3, -0.25) is 4.79 Å². The first-order valence-corrected chi connectivity index (χ1v) is 6.64. The van der Waals surface area contributed by atoms with E-state index in [1.807, 2.05) is 44.2 Å². The highest BCUT2D eigenvalue weighted by molar-refractivity contribution is 5.81. The molecule has 4 nitrogen and oxygen atoms in total. The summed E-state index contributed by atoms with van der Waals surface area (Å²) in [5, 5.41) is 13.5. The molecule has 2 unspecified atom stereocenters. The summed E-state index contributed by atoms with van der Waals surface area (Å²) in [5.41, 5.74) is -0.147. The van der Waals surface area contributed by atoms with Gasteiger partial charge in [0.15, 0.2) is 0 Å². The summed E-state index contributed by atoms with van der Waals surface area (Å²) in [6.45, 7) is 6.51. The Bertz CT molecular complexity index is 404. The highest BCUT2D eigenvalue weighted by atomic mass is 16.3. The molecular formula is C15H24N2O2. The Hall–Kier alpha value is -1.39. The predicted molar refractivity (Wildman–Crippen MR) is 76.8 cm³/mol. The van der Waals surface area contributed by atoms with Crippen LogP contribution in [0, 0.1) is 0 Å². The first kappa shape index (κ1) is 15.7. The molecule has 0 aliphatic rings. The Morgan fingerprint density at radius 2 is 2.00 bits per heavy atom. The Morgan fingerprint density at radius 3 is 2.53 bits per heavy atom. The van der Waals surface area contributed by atoms with E-state index in [-0.39, 0.29) is 11.9 Å². The molecular weight excluding hydrogens is 240 g/mol. The van der Waals surface area contributed by atoms with Crippen molar-refractivity contribution in [2.45, 2.75) is 32.4 Å². The van der Waals surface area contributed by atoms with Crippen molar-refractivity contribution >= 4 is 5.91 Å². The van der Waals surface area contributed by atoms with Crippen molar-refractivity contribution in [3.8, 4) is 0 Å². The molecule has 0 aliphatic carbocycles. The molecule has 1 rings (SSSR count). The number of rotatable bonds is 6. The maximum absolute atomic E-state index is 11.9. The molecule has 0 saturated heterocycles. The van der Waals surface area contributed by atoms with E-state index in [4.69, 9.17) is 0 Å². The molecule has 1 amide bonds. The molecule has 0 heterocycles. The van der Waals surface area contributed by atoms with E-state index in [0.29, 0.717) is 13.1 Å². The maximum Gasteiger partial charge on any atom is 0.239 e. The molecule has 1 aromatic rings. The van der Waals surface area contributed by atoms with Gasteiger partial charge in [0, 0.05) is 20.1 Å². The van der Waals surface area contributed by atoms with Gasteiger partial charge in [-0.2, -0.15) is 0 Å². The number of nitrogens with one attached hydrogen (secondary N) is 1. The van der Waals surface area contributed by atoms with Crippen molar-refractivity contribution < 1.29 is 9.90 Å². The third kappa shape index (κ3) is 4.33. The second-order valence-corrected chi connectivity index (χ2v) is 5.09. The van der Waals surface area contributed by atoms with Crippen LogP contribution in [-0.2, 0) is 10.4 Å². The zero-order chi connectivity index (χ0) is 14.5. The summed E-state index contributed by atoms with van der Waals surface area (Å²) in [6, 6.07) is 9.15. The van der Waals surface area contributed by atoms with E-state index < -0.39 is 5.60 Å². The molecule has 19 heavy (non-hydrogen) atoms. The van der Waals surface area contributed by atoms with Gasteiger partial charge < -0.3 is 15.3 Å². The lowest BCUT2D eigenvalue weighted by atomic mass is 9.96. The molecule has 0 aromatic heterocycles. The first-order valence-electron chi connectivity index (χ1n) is 6.64. The van der Waals surface area contributed by atoms with E-state index >= 15 is 0 Å². The fourth-order valence-electron chi connectivity index (χ4n) is 1.82. The summed E-state index contributed by atoms with van der Waals surface area (Å²) >= 11 is 0. The third-order valence-electron chi connectivity index (χ3n) is 3.37. The van der Waals surface area contributed by atoms with Crippen LogP contribution >= 0.6 is 0 Å².